The van der Waals surface area contributed by atoms with E-state index in [0.29, 0.717) is 0 Å². The van der Waals surface area contributed by atoms with Crippen molar-refractivity contribution in [3.8, 4) is 0 Å². The van der Waals surface area contributed by atoms with Gasteiger partial charge in [-0.3, -0.25) is 0 Å². The van der Waals surface area contributed by atoms with Gasteiger partial charge in [0, 0.05) is 10.9 Å². The summed E-state index contributed by atoms with van der Waals surface area (Å²) < 4.78 is 0. The van der Waals surface area contributed by atoms with E-state index in [0.717, 1.165) is 22.6 Å². The fourth-order valence-electron chi connectivity index (χ4n) is 2.58. The van der Waals surface area contributed by atoms with E-state index in [9.17, 15) is 5.11 Å². The van der Waals surface area contributed by atoms with Crippen molar-refractivity contribution in [1.29, 1.82) is 0 Å². The lowest BCUT2D eigenvalue weighted by molar-refractivity contribution is 0.158. The molecule has 2 aromatic rings. The number of halogens is 1. The first-order chi connectivity index (χ1) is 8.25. The largest absolute Gasteiger partial charge is 0.388 e. The molecule has 2 aromatic carbocycles. The molecule has 0 saturated heterocycles. The Morgan fingerprint density at radius 3 is 2.41 bits per heavy atom. The molecule has 2 atom stereocenters. The molecule has 1 aliphatic rings. The molecule has 0 aliphatic heterocycles. The summed E-state index contributed by atoms with van der Waals surface area (Å²) in [7, 11) is 0. The molecular formula is C15H13ClO. The van der Waals surface area contributed by atoms with E-state index in [4.69, 9.17) is 11.6 Å². The lowest BCUT2D eigenvalue weighted by Gasteiger charge is -2.15. The van der Waals surface area contributed by atoms with Crippen molar-refractivity contribution in [2.45, 2.75) is 18.4 Å². The normalized spacial score (nSPS) is 22.5. The molecule has 0 aromatic heterocycles. The SMILES string of the molecule is O[C@@H]1c2ccccc2C[C@@H]1c1ccc(Cl)cc1. The second kappa shape index (κ2) is 4.17. The van der Waals surface area contributed by atoms with Gasteiger partial charge < -0.3 is 5.11 Å². The summed E-state index contributed by atoms with van der Waals surface area (Å²) >= 11 is 5.88. The highest BCUT2D eigenvalue weighted by Crippen LogP contribution is 2.42. The second-order valence-electron chi connectivity index (χ2n) is 4.51. The molecule has 0 spiro atoms. The molecule has 17 heavy (non-hydrogen) atoms. The Kier molecular flexibility index (Phi) is 2.65. The maximum atomic E-state index is 10.3. The zero-order chi connectivity index (χ0) is 11.8. The lowest BCUT2D eigenvalue weighted by Crippen LogP contribution is -2.04. The van der Waals surface area contributed by atoms with E-state index >= 15 is 0 Å². The second-order valence-corrected chi connectivity index (χ2v) is 4.94. The molecule has 0 amide bonds. The molecule has 0 heterocycles. The van der Waals surface area contributed by atoms with Gasteiger partial charge in [0.2, 0.25) is 0 Å². The summed E-state index contributed by atoms with van der Waals surface area (Å²) in [5.74, 6) is 0.157. The quantitative estimate of drug-likeness (QED) is 0.811. The van der Waals surface area contributed by atoms with Gasteiger partial charge in [0.25, 0.3) is 0 Å². The Hall–Kier alpha value is -1.31. The first-order valence-electron chi connectivity index (χ1n) is 5.77. The third-order valence-electron chi connectivity index (χ3n) is 3.49. The third-order valence-corrected chi connectivity index (χ3v) is 3.74. The monoisotopic (exact) mass is 244 g/mol. The van der Waals surface area contributed by atoms with Crippen molar-refractivity contribution >= 4 is 11.6 Å². The highest BCUT2D eigenvalue weighted by Gasteiger charge is 2.31. The maximum absolute atomic E-state index is 10.3. The molecule has 86 valence electrons. The van der Waals surface area contributed by atoms with Crippen LogP contribution in [0.3, 0.4) is 0 Å². The van der Waals surface area contributed by atoms with Crippen molar-refractivity contribution < 1.29 is 5.11 Å². The summed E-state index contributed by atoms with van der Waals surface area (Å²) in [6.45, 7) is 0. The number of aliphatic hydroxyl groups is 1. The predicted molar refractivity (Wildman–Crippen MR) is 69.3 cm³/mol. The average molecular weight is 245 g/mol. The van der Waals surface area contributed by atoms with Gasteiger partial charge >= 0.3 is 0 Å². The summed E-state index contributed by atoms with van der Waals surface area (Å²) in [5.41, 5.74) is 3.46. The van der Waals surface area contributed by atoms with E-state index in [1.54, 1.807) is 0 Å². The first-order valence-corrected chi connectivity index (χ1v) is 6.15. The summed E-state index contributed by atoms with van der Waals surface area (Å²) in [6.07, 6.45) is 0.506. The van der Waals surface area contributed by atoms with E-state index < -0.39 is 6.10 Å². The van der Waals surface area contributed by atoms with Gasteiger partial charge in [-0.1, -0.05) is 48.0 Å². The van der Waals surface area contributed by atoms with Crippen LogP contribution in [0.1, 0.15) is 28.7 Å². The van der Waals surface area contributed by atoms with Crippen LogP contribution in [0.25, 0.3) is 0 Å². The lowest BCUT2D eigenvalue weighted by atomic mass is 9.94. The van der Waals surface area contributed by atoms with Crippen LogP contribution in [0.4, 0.5) is 0 Å². The van der Waals surface area contributed by atoms with Crippen LogP contribution >= 0.6 is 11.6 Å². The van der Waals surface area contributed by atoms with Crippen molar-refractivity contribution in [1.82, 2.24) is 0 Å². The summed E-state index contributed by atoms with van der Waals surface area (Å²) in [4.78, 5) is 0. The van der Waals surface area contributed by atoms with E-state index in [1.807, 2.05) is 42.5 Å². The third kappa shape index (κ3) is 1.86. The Balaban J connectivity index is 1.96. The standard InChI is InChI=1S/C15H13ClO/c16-12-7-5-10(6-8-12)14-9-11-3-1-2-4-13(11)15(14)17/h1-8,14-15,17H,9H2/t14-,15-/m1/s1. The molecule has 0 unspecified atom stereocenters. The molecule has 0 fully saturated rings. The molecule has 2 heteroatoms. The molecule has 0 bridgehead atoms. The van der Waals surface area contributed by atoms with Crippen LogP contribution in [0.5, 0.6) is 0 Å². The van der Waals surface area contributed by atoms with Gasteiger partial charge in [0.05, 0.1) is 6.10 Å². The van der Waals surface area contributed by atoms with Gasteiger partial charge in [-0.2, -0.15) is 0 Å². The first kappa shape index (κ1) is 10.8. The zero-order valence-corrected chi connectivity index (χ0v) is 10.1. The highest BCUT2D eigenvalue weighted by atomic mass is 35.5. The number of aliphatic hydroxyl groups excluding tert-OH is 1. The van der Waals surface area contributed by atoms with Crippen LogP contribution in [0.2, 0.25) is 5.02 Å². The molecule has 3 rings (SSSR count). The zero-order valence-electron chi connectivity index (χ0n) is 9.31. The predicted octanol–water partition coefficient (Wildman–Crippen LogP) is 3.71. The van der Waals surface area contributed by atoms with E-state index in [2.05, 4.69) is 6.07 Å². The number of rotatable bonds is 1. The van der Waals surface area contributed by atoms with Gasteiger partial charge in [-0.15, -0.1) is 0 Å². The van der Waals surface area contributed by atoms with Crippen LogP contribution in [-0.4, -0.2) is 5.11 Å². The minimum atomic E-state index is -0.396. The van der Waals surface area contributed by atoms with E-state index in [1.165, 1.54) is 5.56 Å². The molecule has 0 saturated carbocycles. The minimum Gasteiger partial charge on any atom is -0.388 e. The summed E-state index contributed by atoms with van der Waals surface area (Å²) in [6, 6.07) is 15.9. The number of benzene rings is 2. The van der Waals surface area contributed by atoms with Crippen molar-refractivity contribution in [3.05, 3.63) is 70.2 Å². The number of fused-ring (bicyclic) bond motifs is 1. The Morgan fingerprint density at radius 2 is 1.71 bits per heavy atom. The van der Waals surface area contributed by atoms with E-state index in [-0.39, 0.29) is 5.92 Å². The molecule has 1 N–H and O–H groups in total. The average Bonchev–Trinajstić information content (AvgIpc) is 2.69. The van der Waals surface area contributed by atoms with Gasteiger partial charge in [-0.05, 0) is 35.2 Å². The van der Waals surface area contributed by atoms with Crippen molar-refractivity contribution in [3.63, 3.8) is 0 Å². The Morgan fingerprint density at radius 1 is 1.00 bits per heavy atom. The molecule has 1 aliphatic carbocycles. The Bertz CT molecular complexity index is 533. The van der Waals surface area contributed by atoms with Crippen LogP contribution in [-0.2, 0) is 6.42 Å². The van der Waals surface area contributed by atoms with Crippen LogP contribution in [0.15, 0.2) is 48.5 Å². The fraction of sp³-hybridized carbons (Fsp3) is 0.200. The van der Waals surface area contributed by atoms with Crippen LogP contribution < -0.4 is 0 Å². The summed E-state index contributed by atoms with van der Waals surface area (Å²) in [5, 5.41) is 11.1. The van der Waals surface area contributed by atoms with Crippen molar-refractivity contribution in [2.24, 2.45) is 0 Å². The maximum Gasteiger partial charge on any atom is 0.0864 e. The van der Waals surface area contributed by atoms with Gasteiger partial charge in [0.15, 0.2) is 0 Å². The van der Waals surface area contributed by atoms with Gasteiger partial charge in [0.1, 0.15) is 0 Å². The minimum absolute atomic E-state index is 0.157. The molecule has 1 nitrogen and oxygen atoms in total. The molecular weight excluding hydrogens is 232 g/mol. The van der Waals surface area contributed by atoms with Crippen molar-refractivity contribution in [2.75, 3.05) is 0 Å². The van der Waals surface area contributed by atoms with Gasteiger partial charge in [-0.25, -0.2) is 0 Å². The topological polar surface area (TPSA) is 20.2 Å². The van der Waals surface area contributed by atoms with Crippen LogP contribution in [0, 0.1) is 0 Å². The molecule has 0 radical (unpaired) electrons. The number of hydrogen-bond acceptors (Lipinski definition) is 1. The number of hydrogen-bond donors (Lipinski definition) is 1. The highest BCUT2D eigenvalue weighted by molar-refractivity contribution is 6.30. The Labute approximate surface area is 106 Å². The smallest absolute Gasteiger partial charge is 0.0864 e. The fourth-order valence-corrected chi connectivity index (χ4v) is 2.71.